The fraction of sp³-hybridized carbons (Fsp3) is 0.419. The van der Waals surface area contributed by atoms with Crippen LogP contribution >= 0.6 is 11.3 Å². The van der Waals surface area contributed by atoms with Crippen molar-refractivity contribution in [3.05, 3.63) is 81.1 Å². The molecule has 0 aliphatic carbocycles. The number of benzene rings is 1. The Morgan fingerprint density at radius 2 is 1.81 bits per heavy atom. The molecule has 0 bridgehead atoms. The van der Waals surface area contributed by atoms with E-state index in [0.717, 1.165) is 39.6 Å². The molecule has 1 N–H and O–H groups in total. The maximum atomic E-state index is 14.8. The van der Waals surface area contributed by atoms with Gasteiger partial charge in [0.1, 0.15) is 22.1 Å². The Bertz CT molecular complexity index is 1680. The Morgan fingerprint density at radius 1 is 1.06 bits per heavy atom. The van der Waals surface area contributed by atoms with Crippen LogP contribution in [-0.4, -0.2) is 62.4 Å². The van der Waals surface area contributed by atoms with Crippen molar-refractivity contribution in [3.63, 3.8) is 0 Å². The Kier molecular flexibility index (Phi) is 9.27. The number of nitrogens with zero attached hydrogens (tertiary/aromatic N) is 3. The van der Waals surface area contributed by atoms with Gasteiger partial charge in [0, 0.05) is 37.2 Å². The number of amides is 2. The summed E-state index contributed by atoms with van der Waals surface area (Å²) in [6.45, 7) is 1.28. The molecule has 8 nitrogen and oxygen atoms in total. The number of carboxylic acids is 1. The molecule has 5 rings (SSSR count). The highest BCUT2D eigenvalue weighted by atomic mass is 32.1. The first-order chi connectivity index (χ1) is 22.1. The molecule has 3 atom stereocenters. The lowest BCUT2D eigenvalue weighted by atomic mass is 9.78. The number of ether oxygens (including phenoxy) is 1. The van der Waals surface area contributed by atoms with Gasteiger partial charge in [0.2, 0.25) is 5.60 Å². The molecule has 252 valence electrons. The summed E-state index contributed by atoms with van der Waals surface area (Å²) in [4.78, 5) is 46.0. The minimum Gasteiger partial charge on any atom is -0.479 e. The van der Waals surface area contributed by atoms with Crippen molar-refractivity contribution in [2.24, 2.45) is 0 Å². The molecular weight excluding hydrogens is 659 g/mol. The first kappa shape index (κ1) is 34.1. The number of likely N-dealkylation sites (tertiary alicyclic amines) is 1. The van der Waals surface area contributed by atoms with E-state index in [1.165, 1.54) is 6.07 Å². The van der Waals surface area contributed by atoms with E-state index < -0.39 is 69.8 Å². The van der Waals surface area contributed by atoms with Gasteiger partial charge in [-0.1, -0.05) is 19.4 Å². The highest BCUT2D eigenvalue weighted by molar-refractivity contribution is 7.10. The SMILES string of the molecule is CCC[C@H]1N(C(=O)c2ncccc2C(F)(F)F)CCC[C@@]1(Oc1csc(C(F)(F)F)c1)C(=O)N1CCc2cc(F)ccc2[C@@H]1C(=O)O. The van der Waals surface area contributed by atoms with E-state index in [9.17, 15) is 50.2 Å². The van der Waals surface area contributed by atoms with Gasteiger partial charge >= 0.3 is 18.3 Å². The van der Waals surface area contributed by atoms with Gasteiger partial charge in [0.25, 0.3) is 11.8 Å². The van der Waals surface area contributed by atoms with Crippen molar-refractivity contribution >= 4 is 29.1 Å². The predicted octanol–water partition coefficient (Wildman–Crippen LogP) is 6.75. The van der Waals surface area contributed by atoms with Crippen molar-refractivity contribution in [1.29, 1.82) is 0 Å². The first-order valence-corrected chi connectivity index (χ1v) is 15.5. The molecule has 1 aromatic carbocycles. The molecule has 2 amide bonds. The lowest BCUT2D eigenvalue weighted by molar-refractivity contribution is -0.168. The minimum atomic E-state index is -4.96. The number of alkyl halides is 6. The van der Waals surface area contributed by atoms with Gasteiger partial charge < -0.3 is 19.6 Å². The van der Waals surface area contributed by atoms with Crippen molar-refractivity contribution in [2.75, 3.05) is 13.1 Å². The van der Waals surface area contributed by atoms with Crippen LogP contribution in [0, 0.1) is 5.82 Å². The average Bonchev–Trinajstić information content (AvgIpc) is 3.49. The second kappa shape index (κ2) is 12.8. The predicted molar refractivity (Wildman–Crippen MR) is 153 cm³/mol. The second-order valence-corrected chi connectivity index (χ2v) is 12.2. The fourth-order valence-corrected chi connectivity index (χ4v) is 7.08. The third kappa shape index (κ3) is 6.51. The molecule has 47 heavy (non-hydrogen) atoms. The number of thiophene rings is 1. The van der Waals surface area contributed by atoms with Crippen LogP contribution in [0.5, 0.6) is 5.75 Å². The van der Waals surface area contributed by atoms with Crippen LogP contribution < -0.4 is 4.74 Å². The monoisotopic (exact) mass is 687 g/mol. The topological polar surface area (TPSA) is 100 Å². The van der Waals surface area contributed by atoms with E-state index in [2.05, 4.69) is 4.98 Å². The number of hydrogen-bond acceptors (Lipinski definition) is 6. The van der Waals surface area contributed by atoms with E-state index in [1.807, 2.05) is 0 Å². The Labute approximate surface area is 267 Å². The number of hydrogen-bond donors (Lipinski definition) is 1. The van der Waals surface area contributed by atoms with E-state index in [-0.39, 0.29) is 56.5 Å². The quantitative estimate of drug-likeness (QED) is 0.276. The highest BCUT2D eigenvalue weighted by Gasteiger charge is 2.57. The molecule has 0 spiro atoms. The average molecular weight is 688 g/mol. The molecule has 1 saturated heterocycles. The van der Waals surface area contributed by atoms with E-state index in [1.54, 1.807) is 6.92 Å². The van der Waals surface area contributed by atoms with Gasteiger partial charge in [-0.25, -0.2) is 9.18 Å². The molecular formula is C31H28F7N3O5S. The number of halogens is 7. The zero-order valence-corrected chi connectivity index (χ0v) is 25.5. The van der Waals surface area contributed by atoms with Crippen molar-refractivity contribution in [2.45, 2.75) is 69.1 Å². The Morgan fingerprint density at radius 3 is 2.45 bits per heavy atom. The zero-order chi connectivity index (χ0) is 34.3. The standard InChI is InChI=1S/C31H28F7N3O5S/c1-2-5-22-29(46-19-15-23(47-16-19)31(36,37)38,10-4-12-40(22)26(42)24-21(30(33,34)35)6-3-11-39-24)28(45)41-13-9-17-14-18(32)7-8-20(17)25(41)27(43)44/h3,6-8,11,14-16,22,25H,2,4-5,9-10,12-13H2,1H3,(H,43,44)/t22-,25-,29+/m1/s1. The van der Waals surface area contributed by atoms with Gasteiger partial charge in [-0.3, -0.25) is 14.6 Å². The van der Waals surface area contributed by atoms with Gasteiger partial charge in [0.05, 0.1) is 11.6 Å². The van der Waals surface area contributed by atoms with Crippen LogP contribution in [0.2, 0.25) is 0 Å². The Hall–Kier alpha value is -4.21. The summed E-state index contributed by atoms with van der Waals surface area (Å²) < 4.78 is 103. The van der Waals surface area contributed by atoms with Crippen molar-refractivity contribution < 1.29 is 55.0 Å². The number of fused-ring (bicyclic) bond motifs is 1. The van der Waals surface area contributed by atoms with Crippen LogP contribution in [0.4, 0.5) is 30.7 Å². The van der Waals surface area contributed by atoms with Crippen LogP contribution in [-0.2, 0) is 28.4 Å². The lowest BCUT2D eigenvalue weighted by Gasteiger charge is -2.51. The number of rotatable bonds is 7. The number of carboxylic acid groups (broad SMARTS) is 1. The normalized spacial score (nSPS) is 21.7. The number of carbonyl (C=O) groups excluding carboxylic acids is 2. The number of piperidine rings is 1. The number of aromatic nitrogens is 1. The number of pyridine rings is 1. The molecule has 3 aromatic rings. The summed E-state index contributed by atoms with van der Waals surface area (Å²) >= 11 is 0.292. The number of carbonyl (C=O) groups is 3. The molecule has 4 heterocycles. The summed E-state index contributed by atoms with van der Waals surface area (Å²) in [5.74, 6) is -4.64. The van der Waals surface area contributed by atoms with Crippen LogP contribution in [0.3, 0.4) is 0 Å². The fourth-order valence-electron chi connectivity index (χ4n) is 6.40. The minimum absolute atomic E-state index is 0.0271. The maximum Gasteiger partial charge on any atom is 0.425 e. The van der Waals surface area contributed by atoms with E-state index in [0.29, 0.717) is 29.0 Å². The van der Waals surface area contributed by atoms with E-state index >= 15 is 0 Å². The second-order valence-electron chi connectivity index (χ2n) is 11.3. The molecule has 2 aliphatic rings. The van der Waals surface area contributed by atoms with Crippen LogP contribution in [0.15, 0.2) is 48.0 Å². The molecule has 0 saturated carbocycles. The first-order valence-electron chi connectivity index (χ1n) is 14.6. The third-order valence-corrected chi connectivity index (χ3v) is 9.30. The molecule has 2 aliphatic heterocycles. The largest absolute Gasteiger partial charge is 0.479 e. The smallest absolute Gasteiger partial charge is 0.425 e. The summed E-state index contributed by atoms with van der Waals surface area (Å²) in [6, 6.07) is 2.78. The van der Waals surface area contributed by atoms with Gasteiger partial charge in [0.15, 0.2) is 6.04 Å². The molecule has 1 fully saturated rings. The summed E-state index contributed by atoms with van der Waals surface area (Å²) in [7, 11) is 0. The number of aliphatic carboxylic acids is 1. The lowest BCUT2D eigenvalue weighted by Crippen LogP contribution is -2.69. The summed E-state index contributed by atoms with van der Waals surface area (Å²) in [5.41, 5.74) is -4.02. The Balaban J connectivity index is 1.65. The van der Waals surface area contributed by atoms with Gasteiger partial charge in [-0.15, -0.1) is 11.3 Å². The van der Waals surface area contributed by atoms with Crippen LogP contribution in [0.1, 0.15) is 70.7 Å². The molecule has 16 heteroatoms. The molecule has 0 unspecified atom stereocenters. The van der Waals surface area contributed by atoms with Gasteiger partial charge in [-0.2, -0.15) is 26.3 Å². The van der Waals surface area contributed by atoms with Crippen molar-refractivity contribution in [1.82, 2.24) is 14.8 Å². The molecule has 0 radical (unpaired) electrons. The zero-order valence-electron chi connectivity index (χ0n) is 24.7. The van der Waals surface area contributed by atoms with E-state index in [4.69, 9.17) is 4.74 Å². The highest BCUT2D eigenvalue weighted by Crippen LogP contribution is 2.44. The molecule has 2 aromatic heterocycles. The van der Waals surface area contributed by atoms with Gasteiger partial charge in [-0.05, 0) is 54.7 Å². The van der Waals surface area contributed by atoms with Crippen LogP contribution in [0.25, 0.3) is 0 Å². The summed E-state index contributed by atoms with van der Waals surface area (Å²) in [5, 5.41) is 11.3. The maximum absolute atomic E-state index is 14.8. The van der Waals surface area contributed by atoms with Crippen molar-refractivity contribution in [3.8, 4) is 5.75 Å². The third-order valence-electron chi connectivity index (χ3n) is 8.35. The summed E-state index contributed by atoms with van der Waals surface area (Å²) in [6.07, 6.45) is -8.71.